The molecule has 1 N–H and O–H groups in total. The highest BCUT2D eigenvalue weighted by atomic mass is 16.2. The Balaban J connectivity index is 2.22. The monoisotopic (exact) mass is 280 g/mol. The lowest BCUT2D eigenvalue weighted by molar-refractivity contribution is -0.131. The predicted molar refractivity (Wildman–Crippen MR) is 75.7 cm³/mol. The Bertz CT molecular complexity index is 370. The Morgan fingerprint density at radius 1 is 1.40 bits per heavy atom. The summed E-state index contributed by atoms with van der Waals surface area (Å²) >= 11 is 0. The molecule has 0 aliphatic carbocycles. The standard InChI is InChI=1S/C14H24N4O2/c1-16-14(20)12-4-9-18(10-5-12)11-6-13(19)17(2)8-3-7-15/h12H,3-6,8-11H2,1-2H3,(H,16,20). The fourth-order valence-corrected chi connectivity index (χ4v) is 2.41. The lowest BCUT2D eigenvalue weighted by Crippen LogP contribution is -2.41. The molecule has 0 aromatic heterocycles. The smallest absolute Gasteiger partial charge is 0.223 e. The van der Waals surface area contributed by atoms with Gasteiger partial charge in [-0.15, -0.1) is 0 Å². The van der Waals surface area contributed by atoms with Crippen LogP contribution in [0.5, 0.6) is 0 Å². The van der Waals surface area contributed by atoms with Gasteiger partial charge in [0, 0.05) is 39.5 Å². The molecular formula is C14H24N4O2. The number of amides is 2. The Kier molecular flexibility index (Phi) is 7.02. The van der Waals surface area contributed by atoms with Gasteiger partial charge in [-0.2, -0.15) is 5.26 Å². The molecule has 0 aromatic rings. The molecule has 112 valence electrons. The van der Waals surface area contributed by atoms with E-state index >= 15 is 0 Å². The van der Waals surface area contributed by atoms with Gasteiger partial charge in [-0.05, 0) is 25.9 Å². The SMILES string of the molecule is CNC(=O)C1CCN(CCC(=O)N(C)CCC#N)CC1. The fourth-order valence-electron chi connectivity index (χ4n) is 2.41. The second-order valence-corrected chi connectivity index (χ2v) is 5.20. The minimum atomic E-state index is 0.0775. The average molecular weight is 280 g/mol. The summed E-state index contributed by atoms with van der Waals surface area (Å²) in [7, 11) is 3.40. The van der Waals surface area contributed by atoms with Crippen LogP contribution in [0, 0.1) is 17.2 Å². The number of nitrogens with one attached hydrogen (secondary N) is 1. The van der Waals surface area contributed by atoms with Crippen LogP contribution in [-0.4, -0.2) is 61.9 Å². The van der Waals surface area contributed by atoms with Crippen molar-refractivity contribution in [2.24, 2.45) is 5.92 Å². The van der Waals surface area contributed by atoms with Crippen molar-refractivity contribution in [1.82, 2.24) is 15.1 Å². The molecule has 6 heteroatoms. The molecule has 1 rings (SSSR count). The van der Waals surface area contributed by atoms with Gasteiger partial charge in [-0.1, -0.05) is 0 Å². The van der Waals surface area contributed by atoms with Gasteiger partial charge in [0.1, 0.15) is 0 Å². The number of likely N-dealkylation sites (tertiary alicyclic amines) is 1. The first kappa shape index (κ1) is 16.4. The van der Waals surface area contributed by atoms with Crippen LogP contribution in [0.4, 0.5) is 0 Å². The third-order valence-corrected chi connectivity index (χ3v) is 3.83. The molecule has 0 spiro atoms. The van der Waals surface area contributed by atoms with Crippen LogP contribution in [0.2, 0.25) is 0 Å². The topological polar surface area (TPSA) is 76.4 Å². The van der Waals surface area contributed by atoms with Crippen LogP contribution in [0.15, 0.2) is 0 Å². The number of piperidine rings is 1. The third kappa shape index (κ3) is 5.17. The minimum Gasteiger partial charge on any atom is -0.359 e. The third-order valence-electron chi connectivity index (χ3n) is 3.83. The van der Waals surface area contributed by atoms with Crippen LogP contribution in [0.1, 0.15) is 25.7 Å². The summed E-state index contributed by atoms with van der Waals surface area (Å²) in [5, 5.41) is 11.2. The number of hydrogen-bond acceptors (Lipinski definition) is 4. The van der Waals surface area contributed by atoms with Crippen LogP contribution in [-0.2, 0) is 9.59 Å². The molecule has 1 saturated heterocycles. The fraction of sp³-hybridized carbons (Fsp3) is 0.786. The first-order valence-corrected chi connectivity index (χ1v) is 7.13. The van der Waals surface area contributed by atoms with E-state index in [4.69, 9.17) is 5.26 Å². The molecule has 20 heavy (non-hydrogen) atoms. The molecule has 1 aliphatic heterocycles. The van der Waals surface area contributed by atoms with Crippen molar-refractivity contribution in [1.29, 1.82) is 5.26 Å². The average Bonchev–Trinajstić information content (AvgIpc) is 2.49. The predicted octanol–water partition coefficient (Wildman–Crippen LogP) is 0.207. The van der Waals surface area contributed by atoms with E-state index in [0.717, 1.165) is 32.5 Å². The molecule has 0 atom stereocenters. The Morgan fingerprint density at radius 3 is 2.60 bits per heavy atom. The quantitative estimate of drug-likeness (QED) is 0.754. The van der Waals surface area contributed by atoms with E-state index in [2.05, 4.69) is 10.2 Å². The van der Waals surface area contributed by atoms with E-state index in [1.165, 1.54) is 0 Å². The summed E-state index contributed by atoms with van der Waals surface area (Å²) in [6, 6.07) is 2.04. The molecule has 0 unspecified atom stereocenters. The molecule has 0 radical (unpaired) electrons. The van der Waals surface area contributed by atoms with E-state index in [1.54, 1.807) is 19.0 Å². The first-order valence-electron chi connectivity index (χ1n) is 7.13. The van der Waals surface area contributed by atoms with E-state index in [1.807, 2.05) is 6.07 Å². The van der Waals surface area contributed by atoms with Crippen molar-refractivity contribution in [2.45, 2.75) is 25.7 Å². The van der Waals surface area contributed by atoms with Gasteiger partial charge in [-0.25, -0.2) is 0 Å². The minimum absolute atomic E-state index is 0.0775. The van der Waals surface area contributed by atoms with Gasteiger partial charge >= 0.3 is 0 Å². The first-order chi connectivity index (χ1) is 9.58. The van der Waals surface area contributed by atoms with Crippen LogP contribution < -0.4 is 5.32 Å². The maximum atomic E-state index is 11.8. The lowest BCUT2D eigenvalue weighted by Gasteiger charge is -2.31. The summed E-state index contributed by atoms with van der Waals surface area (Å²) in [5.74, 6) is 0.316. The van der Waals surface area contributed by atoms with Gasteiger partial charge in [0.15, 0.2) is 0 Å². The summed E-state index contributed by atoms with van der Waals surface area (Å²) in [4.78, 5) is 27.2. The number of rotatable bonds is 6. The lowest BCUT2D eigenvalue weighted by atomic mass is 9.96. The van der Waals surface area contributed by atoms with Crippen molar-refractivity contribution in [2.75, 3.05) is 40.3 Å². The highest BCUT2D eigenvalue weighted by molar-refractivity contribution is 5.78. The van der Waals surface area contributed by atoms with Crippen molar-refractivity contribution in [3.05, 3.63) is 0 Å². The summed E-state index contributed by atoms with van der Waals surface area (Å²) in [6.45, 7) is 2.96. The molecule has 0 saturated carbocycles. The molecule has 2 amide bonds. The summed E-state index contributed by atoms with van der Waals surface area (Å²) < 4.78 is 0. The van der Waals surface area contributed by atoms with Crippen molar-refractivity contribution in [3.63, 3.8) is 0 Å². The van der Waals surface area contributed by atoms with Crippen molar-refractivity contribution in [3.8, 4) is 6.07 Å². The zero-order valence-electron chi connectivity index (χ0n) is 12.4. The van der Waals surface area contributed by atoms with E-state index in [0.29, 0.717) is 19.4 Å². The molecular weight excluding hydrogens is 256 g/mol. The van der Waals surface area contributed by atoms with Crippen molar-refractivity contribution >= 4 is 11.8 Å². The van der Waals surface area contributed by atoms with Gasteiger partial charge in [0.2, 0.25) is 11.8 Å². The number of carbonyl (C=O) groups is 2. The van der Waals surface area contributed by atoms with Crippen LogP contribution in [0.25, 0.3) is 0 Å². The van der Waals surface area contributed by atoms with Gasteiger partial charge in [0.25, 0.3) is 0 Å². The molecule has 1 heterocycles. The second-order valence-electron chi connectivity index (χ2n) is 5.20. The molecule has 6 nitrogen and oxygen atoms in total. The molecule has 0 bridgehead atoms. The summed E-state index contributed by atoms with van der Waals surface area (Å²) in [6.07, 6.45) is 2.57. The van der Waals surface area contributed by atoms with Gasteiger partial charge in [-0.3, -0.25) is 9.59 Å². The van der Waals surface area contributed by atoms with E-state index < -0.39 is 0 Å². The second kappa shape index (κ2) is 8.54. The zero-order chi connectivity index (χ0) is 15.0. The summed E-state index contributed by atoms with van der Waals surface area (Å²) in [5.41, 5.74) is 0. The normalized spacial score (nSPS) is 16.4. The number of nitriles is 1. The number of nitrogens with zero attached hydrogens (tertiary/aromatic N) is 3. The molecule has 1 aliphatic rings. The Hall–Kier alpha value is -1.61. The highest BCUT2D eigenvalue weighted by Crippen LogP contribution is 2.17. The Morgan fingerprint density at radius 2 is 2.05 bits per heavy atom. The maximum Gasteiger partial charge on any atom is 0.223 e. The van der Waals surface area contributed by atoms with Gasteiger partial charge < -0.3 is 15.1 Å². The van der Waals surface area contributed by atoms with E-state index in [-0.39, 0.29) is 17.7 Å². The van der Waals surface area contributed by atoms with Crippen LogP contribution in [0.3, 0.4) is 0 Å². The Labute approximate surface area is 120 Å². The number of carbonyl (C=O) groups excluding carboxylic acids is 2. The zero-order valence-corrected chi connectivity index (χ0v) is 12.4. The van der Waals surface area contributed by atoms with Crippen molar-refractivity contribution < 1.29 is 9.59 Å². The van der Waals surface area contributed by atoms with Crippen LogP contribution >= 0.6 is 0 Å². The molecule has 0 aromatic carbocycles. The number of hydrogen-bond donors (Lipinski definition) is 1. The van der Waals surface area contributed by atoms with E-state index in [9.17, 15) is 9.59 Å². The highest BCUT2D eigenvalue weighted by Gasteiger charge is 2.24. The molecule has 1 fully saturated rings. The largest absolute Gasteiger partial charge is 0.359 e. The van der Waals surface area contributed by atoms with Gasteiger partial charge in [0.05, 0.1) is 12.5 Å². The maximum absolute atomic E-state index is 11.8.